The number of amides is 2. The molecule has 3 N–H and O–H groups in total. The van der Waals surface area contributed by atoms with Gasteiger partial charge in [-0.15, -0.1) is 0 Å². The molecule has 1 aromatic heterocycles. The van der Waals surface area contributed by atoms with Gasteiger partial charge in [-0.05, 0) is 56.3 Å². The van der Waals surface area contributed by atoms with Crippen molar-refractivity contribution in [3.63, 3.8) is 0 Å². The smallest absolute Gasteiger partial charge is 0.332 e. The van der Waals surface area contributed by atoms with Crippen LogP contribution in [0.1, 0.15) is 36.1 Å². The summed E-state index contributed by atoms with van der Waals surface area (Å²) in [6.07, 6.45) is 7.51. The van der Waals surface area contributed by atoms with Crippen LogP contribution in [0.15, 0.2) is 78.2 Å². The molecule has 1 aliphatic rings. The molecule has 162 valence electrons. The van der Waals surface area contributed by atoms with E-state index in [9.17, 15) is 4.79 Å². The molecule has 0 fully saturated rings. The lowest BCUT2D eigenvalue weighted by atomic mass is 9.97. The molecule has 0 saturated carbocycles. The third-order valence-corrected chi connectivity index (χ3v) is 4.83. The van der Waals surface area contributed by atoms with Crippen LogP contribution in [0, 0.1) is 0 Å². The van der Waals surface area contributed by atoms with Gasteiger partial charge in [-0.3, -0.25) is 4.98 Å². The second-order valence-corrected chi connectivity index (χ2v) is 7.91. The van der Waals surface area contributed by atoms with Crippen molar-refractivity contribution in [3.05, 3.63) is 95.3 Å². The van der Waals surface area contributed by atoms with E-state index in [1.54, 1.807) is 12.4 Å². The molecule has 2 amide bonds. The number of hydrazone groups is 1. The average molecular weight is 428 g/mol. The maximum Gasteiger partial charge on any atom is 0.332 e. The maximum absolute atomic E-state index is 11.3. The van der Waals surface area contributed by atoms with Crippen LogP contribution in [0.25, 0.3) is 6.08 Å². The zero-order valence-electron chi connectivity index (χ0n) is 17.9. The van der Waals surface area contributed by atoms with Crippen molar-refractivity contribution in [1.29, 1.82) is 0 Å². The van der Waals surface area contributed by atoms with E-state index in [2.05, 4.69) is 15.5 Å². The topological polar surface area (TPSA) is 98.8 Å². The maximum atomic E-state index is 11.3. The van der Waals surface area contributed by atoms with Gasteiger partial charge in [-0.2, -0.15) is 5.10 Å². The summed E-state index contributed by atoms with van der Waals surface area (Å²) in [5.41, 5.74) is 11.3. The zero-order valence-corrected chi connectivity index (χ0v) is 17.9. The summed E-state index contributed by atoms with van der Waals surface area (Å²) < 4.78 is 11.9. The Labute approximate surface area is 186 Å². The van der Waals surface area contributed by atoms with E-state index in [1.165, 1.54) is 0 Å². The molecule has 0 radical (unpaired) electrons. The molecule has 7 heteroatoms. The van der Waals surface area contributed by atoms with E-state index in [1.807, 2.05) is 80.6 Å². The lowest BCUT2D eigenvalue weighted by Crippen LogP contribution is -2.28. The van der Waals surface area contributed by atoms with Crippen molar-refractivity contribution in [1.82, 2.24) is 10.4 Å². The largest absolute Gasteiger partial charge is 0.489 e. The monoisotopic (exact) mass is 428 g/mol. The summed E-state index contributed by atoms with van der Waals surface area (Å²) in [5, 5.41) is 4.26. The van der Waals surface area contributed by atoms with Gasteiger partial charge in [0.25, 0.3) is 0 Å². The van der Waals surface area contributed by atoms with Crippen molar-refractivity contribution in [2.45, 2.75) is 26.1 Å². The summed E-state index contributed by atoms with van der Waals surface area (Å²) in [7, 11) is 0. The van der Waals surface area contributed by atoms with Gasteiger partial charge in [0.15, 0.2) is 0 Å². The van der Waals surface area contributed by atoms with Gasteiger partial charge in [0.05, 0.1) is 5.71 Å². The fraction of sp³-hybridized carbons (Fsp3) is 0.160. The number of nitrogens with zero attached hydrogens (tertiary/aromatic N) is 2. The second-order valence-electron chi connectivity index (χ2n) is 7.91. The Kier molecular flexibility index (Phi) is 5.89. The Balaban J connectivity index is 1.64. The predicted molar refractivity (Wildman–Crippen MR) is 124 cm³/mol. The van der Waals surface area contributed by atoms with E-state index in [0.29, 0.717) is 18.1 Å². The normalized spacial score (nSPS) is 14.2. The van der Waals surface area contributed by atoms with Crippen molar-refractivity contribution in [2.75, 3.05) is 0 Å². The number of ether oxygens (including phenoxy) is 2. The summed E-state index contributed by atoms with van der Waals surface area (Å²) in [4.78, 5) is 15.4. The van der Waals surface area contributed by atoms with Crippen LogP contribution >= 0.6 is 0 Å². The highest BCUT2D eigenvalue weighted by Crippen LogP contribution is 2.32. The first-order valence-electron chi connectivity index (χ1n) is 10.2. The van der Waals surface area contributed by atoms with Crippen LogP contribution in [-0.4, -0.2) is 22.3 Å². The van der Waals surface area contributed by atoms with Crippen molar-refractivity contribution >= 4 is 17.8 Å². The number of rotatable bonds is 6. The second kappa shape index (κ2) is 8.93. The molecule has 0 unspecified atom stereocenters. The fourth-order valence-electron chi connectivity index (χ4n) is 3.32. The zero-order chi connectivity index (χ0) is 22.6. The van der Waals surface area contributed by atoms with E-state index in [0.717, 1.165) is 28.0 Å². The number of hydrogen-bond donors (Lipinski definition) is 2. The number of urea groups is 1. The molecule has 1 aliphatic heterocycles. The highest BCUT2D eigenvalue weighted by atomic mass is 16.5. The minimum atomic E-state index is -0.741. The Morgan fingerprint density at radius 1 is 1.16 bits per heavy atom. The molecule has 2 aromatic carbocycles. The minimum Gasteiger partial charge on any atom is -0.489 e. The average Bonchev–Trinajstić information content (AvgIpc) is 2.78. The number of hydrogen-bond acceptors (Lipinski definition) is 5. The number of fused-ring (bicyclic) bond motifs is 1. The summed E-state index contributed by atoms with van der Waals surface area (Å²) in [6.45, 7) is 4.39. The van der Waals surface area contributed by atoms with Crippen molar-refractivity contribution in [2.24, 2.45) is 10.8 Å². The molecule has 4 rings (SSSR count). The number of carbonyl (C=O) groups is 1. The molecule has 7 nitrogen and oxygen atoms in total. The molecular formula is C25H24N4O3. The number of pyridine rings is 1. The minimum absolute atomic E-state index is 0.362. The molecule has 0 aliphatic carbocycles. The lowest BCUT2D eigenvalue weighted by molar-refractivity contribution is 0.159. The van der Waals surface area contributed by atoms with E-state index >= 15 is 0 Å². The van der Waals surface area contributed by atoms with Gasteiger partial charge >= 0.3 is 6.03 Å². The van der Waals surface area contributed by atoms with Crippen LogP contribution < -0.4 is 20.6 Å². The van der Waals surface area contributed by atoms with Crippen LogP contribution in [0.4, 0.5) is 4.79 Å². The van der Waals surface area contributed by atoms with Gasteiger partial charge in [-0.1, -0.05) is 24.3 Å². The highest BCUT2D eigenvalue weighted by Gasteiger charge is 2.22. The summed E-state index contributed by atoms with van der Waals surface area (Å²) in [5.74, 6) is 1.46. The number of benzene rings is 2. The van der Waals surface area contributed by atoms with E-state index in [4.69, 9.17) is 15.2 Å². The SMILES string of the molecule is CC1(C)C=Cc2cc(/C(=N/NC(N)=O)c3cccc(OCc4cccnc4)c3)ccc2O1. The third-order valence-electron chi connectivity index (χ3n) is 4.83. The summed E-state index contributed by atoms with van der Waals surface area (Å²) in [6, 6.07) is 16.3. The molecule has 2 heterocycles. The Morgan fingerprint density at radius 3 is 2.78 bits per heavy atom. The van der Waals surface area contributed by atoms with Gasteiger partial charge in [0.1, 0.15) is 23.7 Å². The van der Waals surface area contributed by atoms with Gasteiger partial charge in [0, 0.05) is 34.6 Å². The van der Waals surface area contributed by atoms with Gasteiger partial charge in [0.2, 0.25) is 0 Å². The van der Waals surface area contributed by atoms with Crippen LogP contribution in [0.3, 0.4) is 0 Å². The Bertz CT molecular complexity index is 1190. The third kappa shape index (κ3) is 5.13. The van der Waals surface area contributed by atoms with Crippen molar-refractivity contribution in [3.8, 4) is 11.5 Å². The van der Waals surface area contributed by atoms with E-state index < -0.39 is 6.03 Å². The number of nitrogens with one attached hydrogen (secondary N) is 1. The Hall–Kier alpha value is -4.13. The first kappa shape index (κ1) is 21.1. The lowest BCUT2D eigenvalue weighted by Gasteiger charge is -2.28. The molecule has 3 aromatic rings. The molecule has 0 spiro atoms. The number of nitrogens with two attached hydrogens (primary N) is 1. The molecule has 0 bridgehead atoms. The molecule has 0 saturated heterocycles. The standard InChI is InChI=1S/C25H24N4O3/c1-25(2)11-10-18-13-20(8-9-22(18)32-25)23(28-29-24(26)30)19-6-3-7-21(14-19)31-16-17-5-4-12-27-15-17/h3-15H,16H2,1-2H3,(H3,26,29,30)/b28-23+. The van der Waals surface area contributed by atoms with E-state index in [-0.39, 0.29) is 5.60 Å². The first-order valence-corrected chi connectivity index (χ1v) is 10.2. The van der Waals surface area contributed by atoms with Crippen LogP contribution in [0.5, 0.6) is 11.5 Å². The quantitative estimate of drug-likeness (QED) is 0.452. The Morgan fingerprint density at radius 2 is 2.00 bits per heavy atom. The fourth-order valence-corrected chi connectivity index (χ4v) is 3.32. The van der Waals surface area contributed by atoms with Crippen LogP contribution in [0.2, 0.25) is 0 Å². The number of primary amides is 1. The van der Waals surface area contributed by atoms with Gasteiger partial charge in [-0.25, -0.2) is 10.2 Å². The first-order chi connectivity index (χ1) is 15.4. The summed E-state index contributed by atoms with van der Waals surface area (Å²) >= 11 is 0. The number of aromatic nitrogens is 1. The molecular weight excluding hydrogens is 404 g/mol. The number of carbonyl (C=O) groups excluding carboxylic acids is 1. The molecule has 32 heavy (non-hydrogen) atoms. The molecule has 0 atom stereocenters. The van der Waals surface area contributed by atoms with Gasteiger partial charge < -0.3 is 15.2 Å². The predicted octanol–water partition coefficient (Wildman–Crippen LogP) is 4.27. The highest BCUT2D eigenvalue weighted by molar-refractivity contribution is 6.13. The van der Waals surface area contributed by atoms with Crippen LogP contribution in [-0.2, 0) is 6.61 Å². The van der Waals surface area contributed by atoms with Crippen molar-refractivity contribution < 1.29 is 14.3 Å².